The van der Waals surface area contributed by atoms with Gasteiger partial charge in [-0.15, -0.1) is 11.3 Å². The summed E-state index contributed by atoms with van der Waals surface area (Å²) in [6.45, 7) is 3.94. The van der Waals surface area contributed by atoms with E-state index < -0.39 is 0 Å². The molecule has 25 heavy (non-hydrogen) atoms. The summed E-state index contributed by atoms with van der Waals surface area (Å²) in [5.74, 6) is 0.658. The minimum absolute atomic E-state index is 0.224. The van der Waals surface area contributed by atoms with E-state index in [4.69, 9.17) is 10.5 Å². The molecule has 1 aromatic carbocycles. The predicted octanol–water partition coefficient (Wildman–Crippen LogP) is 4.64. The molecule has 0 aliphatic carbocycles. The second kappa shape index (κ2) is 7.36. The zero-order chi connectivity index (χ0) is 17.8. The van der Waals surface area contributed by atoms with Crippen LogP contribution in [0.4, 0.5) is 11.5 Å². The summed E-state index contributed by atoms with van der Waals surface area (Å²) >= 11 is 1.57. The number of benzene rings is 1. The second-order valence-corrected chi connectivity index (χ2v) is 6.47. The molecule has 0 atom stereocenters. The Hall–Kier alpha value is -2.86. The van der Waals surface area contributed by atoms with Crippen molar-refractivity contribution in [2.45, 2.75) is 20.3 Å². The lowest BCUT2D eigenvalue weighted by molar-refractivity contribution is 0.102. The topological polar surface area (TPSA) is 77.2 Å². The molecule has 2 aromatic heterocycles. The fourth-order valence-corrected chi connectivity index (χ4v) is 3.15. The number of hydrogen-bond donors (Lipinski definition) is 2. The number of nitrogens with one attached hydrogen (secondary N) is 1. The Balaban J connectivity index is 1.66. The highest BCUT2D eigenvalue weighted by atomic mass is 32.1. The number of nitrogens with two attached hydrogens (primary N) is 1. The fraction of sp³-hybridized carbons (Fsp3) is 0.158. The van der Waals surface area contributed by atoms with Gasteiger partial charge in [0.05, 0.1) is 5.56 Å². The van der Waals surface area contributed by atoms with E-state index in [0.29, 0.717) is 11.3 Å². The van der Waals surface area contributed by atoms with E-state index in [1.54, 1.807) is 35.6 Å². The number of thiophene rings is 1. The van der Waals surface area contributed by atoms with E-state index >= 15 is 0 Å². The summed E-state index contributed by atoms with van der Waals surface area (Å²) in [6, 6.07) is 12.7. The Bertz CT molecular complexity index is 888. The number of amides is 1. The molecule has 0 spiro atoms. The van der Waals surface area contributed by atoms with Gasteiger partial charge in [-0.05, 0) is 66.8 Å². The van der Waals surface area contributed by atoms with Crippen molar-refractivity contribution in [2.75, 3.05) is 11.1 Å². The zero-order valence-electron chi connectivity index (χ0n) is 14.1. The highest BCUT2D eigenvalue weighted by molar-refractivity contribution is 7.12. The highest BCUT2D eigenvalue weighted by Crippen LogP contribution is 2.29. The predicted molar refractivity (Wildman–Crippen MR) is 102 cm³/mol. The second-order valence-electron chi connectivity index (χ2n) is 5.59. The molecule has 6 heteroatoms. The first-order chi connectivity index (χ1) is 12.0. The fourth-order valence-electron chi connectivity index (χ4n) is 2.28. The van der Waals surface area contributed by atoms with Gasteiger partial charge < -0.3 is 15.8 Å². The van der Waals surface area contributed by atoms with Gasteiger partial charge >= 0.3 is 0 Å². The van der Waals surface area contributed by atoms with Gasteiger partial charge in [0.1, 0.15) is 11.6 Å². The molecule has 0 aliphatic heterocycles. The van der Waals surface area contributed by atoms with Crippen molar-refractivity contribution >= 4 is 28.7 Å². The molecule has 2 heterocycles. The van der Waals surface area contributed by atoms with E-state index in [1.807, 2.05) is 25.1 Å². The van der Waals surface area contributed by atoms with Crippen molar-refractivity contribution in [3.8, 4) is 10.8 Å². The van der Waals surface area contributed by atoms with Crippen LogP contribution >= 0.6 is 11.3 Å². The Kier molecular flexibility index (Phi) is 5.00. The van der Waals surface area contributed by atoms with Crippen molar-refractivity contribution < 1.29 is 9.53 Å². The van der Waals surface area contributed by atoms with Crippen molar-refractivity contribution in [3.63, 3.8) is 0 Å². The van der Waals surface area contributed by atoms with E-state index in [9.17, 15) is 4.79 Å². The van der Waals surface area contributed by atoms with Crippen LogP contribution in [-0.4, -0.2) is 10.9 Å². The van der Waals surface area contributed by atoms with Gasteiger partial charge in [-0.3, -0.25) is 4.79 Å². The highest BCUT2D eigenvalue weighted by Gasteiger charge is 2.11. The molecule has 0 radical (unpaired) electrons. The number of aromatic nitrogens is 1. The number of aryl methyl sites for hydroxylation is 2. The van der Waals surface area contributed by atoms with Crippen LogP contribution in [0.3, 0.4) is 0 Å². The number of ether oxygens (including phenoxy) is 1. The van der Waals surface area contributed by atoms with Crippen molar-refractivity contribution in [1.82, 2.24) is 4.98 Å². The molecule has 0 saturated carbocycles. The maximum Gasteiger partial charge on any atom is 0.259 e. The van der Waals surface area contributed by atoms with Crippen LogP contribution in [0.15, 0.2) is 47.8 Å². The van der Waals surface area contributed by atoms with Gasteiger partial charge in [0, 0.05) is 11.4 Å². The summed E-state index contributed by atoms with van der Waals surface area (Å²) in [4.78, 5) is 16.4. The third kappa shape index (κ3) is 4.16. The summed E-state index contributed by atoms with van der Waals surface area (Å²) in [6.07, 6.45) is 0.988. The molecule has 3 rings (SSSR count). The number of carbonyl (C=O) groups excluding carboxylic acids is 1. The normalized spacial score (nSPS) is 10.5. The van der Waals surface area contributed by atoms with Gasteiger partial charge in [-0.25, -0.2) is 4.98 Å². The number of pyridine rings is 1. The Morgan fingerprint density at radius 2 is 2.00 bits per heavy atom. The monoisotopic (exact) mass is 353 g/mol. The number of carbonyl (C=O) groups is 1. The number of anilines is 2. The van der Waals surface area contributed by atoms with Crippen LogP contribution in [-0.2, 0) is 6.42 Å². The average Bonchev–Trinajstić information content (AvgIpc) is 3.04. The Morgan fingerprint density at radius 1 is 1.24 bits per heavy atom. The average molecular weight is 353 g/mol. The van der Waals surface area contributed by atoms with Crippen LogP contribution in [0.1, 0.15) is 28.5 Å². The van der Waals surface area contributed by atoms with Crippen LogP contribution in [0.25, 0.3) is 0 Å². The standard InChI is InChI=1S/C19H19N3O2S/c1-3-13-10-17(25-11-13)24-15-7-5-14(6-8-15)22-19(23)16-9-4-12(2)21-18(16)20/h4-11H,3H2,1-2H3,(H2,20,21)(H,22,23). The van der Waals surface area contributed by atoms with Crippen LogP contribution in [0.5, 0.6) is 10.8 Å². The van der Waals surface area contributed by atoms with Crippen molar-refractivity contribution in [3.05, 3.63) is 64.7 Å². The molecular weight excluding hydrogens is 334 g/mol. The van der Waals surface area contributed by atoms with Crippen LogP contribution in [0.2, 0.25) is 0 Å². The molecule has 0 aliphatic rings. The molecule has 0 bridgehead atoms. The lowest BCUT2D eigenvalue weighted by Gasteiger charge is -2.08. The Morgan fingerprint density at radius 3 is 2.64 bits per heavy atom. The van der Waals surface area contributed by atoms with E-state index in [1.165, 1.54) is 5.56 Å². The summed E-state index contributed by atoms with van der Waals surface area (Å²) in [7, 11) is 0. The summed E-state index contributed by atoms with van der Waals surface area (Å²) < 4.78 is 5.81. The number of nitrogens with zero attached hydrogens (tertiary/aromatic N) is 1. The van der Waals surface area contributed by atoms with Crippen molar-refractivity contribution in [1.29, 1.82) is 0 Å². The van der Waals surface area contributed by atoms with E-state index in [0.717, 1.165) is 22.9 Å². The first-order valence-electron chi connectivity index (χ1n) is 7.95. The van der Waals surface area contributed by atoms with Crippen LogP contribution < -0.4 is 15.8 Å². The number of rotatable bonds is 5. The number of nitrogen functional groups attached to an aromatic ring is 1. The first-order valence-corrected chi connectivity index (χ1v) is 8.83. The summed E-state index contributed by atoms with van der Waals surface area (Å²) in [5.41, 5.74) is 8.86. The number of hydrogen-bond acceptors (Lipinski definition) is 5. The largest absolute Gasteiger partial charge is 0.447 e. The molecule has 3 N–H and O–H groups in total. The minimum Gasteiger partial charge on any atom is -0.447 e. The van der Waals surface area contributed by atoms with Gasteiger partial charge in [-0.1, -0.05) is 6.92 Å². The minimum atomic E-state index is -0.287. The smallest absolute Gasteiger partial charge is 0.259 e. The Labute approximate surface area is 150 Å². The molecule has 0 fully saturated rings. The quantitative estimate of drug-likeness (QED) is 0.700. The molecule has 3 aromatic rings. The SMILES string of the molecule is CCc1csc(Oc2ccc(NC(=O)c3ccc(C)nc3N)cc2)c1. The molecular formula is C19H19N3O2S. The van der Waals surface area contributed by atoms with E-state index in [2.05, 4.69) is 22.6 Å². The zero-order valence-corrected chi connectivity index (χ0v) is 14.9. The maximum absolute atomic E-state index is 12.3. The summed E-state index contributed by atoms with van der Waals surface area (Å²) in [5, 5.41) is 5.75. The lowest BCUT2D eigenvalue weighted by atomic mass is 10.2. The molecule has 128 valence electrons. The van der Waals surface area contributed by atoms with Crippen molar-refractivity contribution in [2.24, 2.45) is 0 Å². The third-order valence-electron chi connectivity index (χ3n) is 3.68. The molecule has 5 nitrogen and oxygen atoms in total. The molecule has 1 amide bonds. The van der Waals surface area contributed by atoms with Gasteiger partial charge in [0.25, 0.3) is 5.91 Å². The van der Waals surface area contributed by atoms with E-state index in [-0.39, 0.29) is 11.7 Å². The van der Waals surface area contributed by atoms with Gasteiger partial charge in [-0.2, -0.15) is 0 Å². The third-order valence-corrected chi connectivity index (χ3v) is 4.53. The van der Waals surface area contributed by atoms with Gasteiger partial charge in [0.15, 0.2) is 5.06 Å². The first kappa shape index (κ1) is 17.0. The van der Waals surface area contributed by atoms with Crippen LogP contribution in [0, 0.1) is 6.92 Å². The maximum atomic E-state index is 12.3. The molecule has 0 unspecified atom stereocenters. The van der Waals surface area contributed by atoms with Gasteiger partial charge in [0.2, 0.25) is 0 Å². The lowest BCUT2D eigenvalue weighted by Crippen LogP contribution is -2.15. The molecule has 0 saturated heterocycles.